The number of thiol groups is 1. The lowest BCUT2D eigenvalue weighted by Gasteiger charge is -2.61. The van der Waals surface area contributed by atoms with Crippen LogP contribution < -0.4 is 0 Å². The first-order valence-corrected chi connectivity index (χ1v) is 9.82. The van der Waals surface area contributed by atoms with Gasteiger partial charge >= 0.3 is 0 Å². The molecule has 3 unspecified atom stereocenters. The normalized spacial score (nSPS) is 60.0. The second-order valence-corrected chi connectivity index (χ2v) is 9.98. The number of rotatable bonds is 0. The molecule has 0 aliphatic heterocycles. The first kappa shape index (κ1) is 14.9. The van der Waals surface area contributed by atoms with E-state index in [0.717, 1.165) is 36.5 Å². The molecule has 0 aromatic heterocycles. The van der Waals surface area contributed by atoms with Crippen LogP contribution in [0.3, 0.4) is 0 Å². The quantitative estimate of drug-likeness (QED) is 0.622. The highest BCUT2D eigenvalue weighted by atomic mass is 32.1. The second-order valence-electron chi connectivity index (χ2n) is 9.32. The van der Waals surface area contributed by atoms with Crippen molar-refractivity contribution in [1.82, 2.24) is 0 Å². The van der Waals surface area contributed by atoms with Gasteiger partial charge in [0.15, 0.2) is 0 Å². The van der Waals surface area contributed by atoms with Crippen molar-refractivity contribution in [3.63, 3.8) is 0 Å². The van der Waals surface area contributed by atoms with Crippen LogP contribution in [-0.4, -0.2) is 16.5 Å². The molecule has 1 nitrogen and oxygen atoms in total. The van der Waals surface area contributed by atoms with E-state index >= 15 is 0 Å². The summed E-state index contributed by atoms with van der Waals surface area (Å²) in [5.41, 5.74) is 1.05. The van der Waals surface area contributed by atoms with Gasteiger partial charge in [0.2, 0.25) is 0 Å². The zero-order valence-electron chi connectivity index (χ0n) is 13.7. The molecular formula is C19H32OS. The summed E-state index contributed by atoms with van der Waals surface area (Å²) in [5, 5.41) is 10.7. The maximum absolute atomic E-state index is 10.4. The van der Waals surface area contributed by atoms with E-state index in [1.807, 2.05) is 0 Å². The molecule has 0 saturated heterocycles. The van der Waals surface area contributed by atoms with Crippen molar-refractivity contribution in [3.05, 3.63) is 0 Å². The molecule has 120 valence electrons. The van der Waals surface area contributed by atoms with E-state index in [0.29, 0.717) is 10.8 Å². The van der Waals surface area contributed by atoms with Gasteiger partial charge in [-0.1, -0.05) is 20.3 Å². The van der Waals surface area contributed by atoms with Gasteiger partial charge < -0.3 is 5.11 Å². The minimum Gasteiger partial charge on any atom is -0.392 e. The highest BCUT2D eigenvalue weighted by Crippen LogP contribution is 2.66. The predicted molar refractivity (Wildman–Crippen MR) is 90.5 cm³/mol. The lowest BCUT2D eigenvalue weighted by Crippen LogP contribution is -2.55. The molecule has 0 amide bonds. The molecular weight excluding hydrogens is 276 g/mol. The van der Waals surface area contributed by atoms with Gasteiger partial charge in [-0.15, -0.1) is 0 Å². The average molecular weight is 309 g/mol. The number of aliphatic hydroxyl groups is 1. The summed E-state index contributed by atoms with van der Waals surface area (Å²) >= 11 is 4.65. The molecule has 1 N–H and O–H groups in total. The zero-order chi connectivity index (χ0) is 14.8. The lowest BCUT2D eigenvalue weighted by atomic mass is 9.45. The standard InChI is InChI=1S/C19H32OS/c1-18-8-3-4-14(18)13-6-5-12-10-17(21)16(20)11-19(12,2)15(13)7-9-18/h12-17,20-21H,3-11H2,1-2H3/t12?,13-,14-,15+,16?,17?,18-,19-/m0/s1. The number of hydrogen-bond donors (Lipinski definition) is 2. The highest BCUT2D eigenvalue weighted by molar-refractivity contribution is 7.81. The summed E-state index contributed by atoms with van der Waals surface area (Å²) in [4.78, 5) is 0. The Hall–Kier alpha value is 0.310. The molecule has 4 aliphatic rings. The van der Waals surface area contributed by atoms with E-state index in [4.69, 9.17) is 0 Å². The summed E-state index contributed by atoms with van der Waals surface area (Å²) in [6, 6.07) is 0. The smallest absolute Gasteiger partial charge is 0.0661 e. The van der Waals surface area contributed by atoms with E-state index in [9.17, 15) is 5.11 Å². The summed E-state index contributed by atoms with van der Waals surface area (Å²) in [6.07, 6.45) is 12.1. The summed E-state index contributed by atoms with van der Waals surface area (Å²) in [6.45, 7) is 5.10. The molecule has 4 saturated carbocycles. The Balaban J connectivity index is 1.63. The van der Waals surface area contributed by atoms with E-state index in [-0.39, 0.29) is 11.4 Å². The highest BCUT2D eigenvalue weighted by Gasteiger charge is 2.58. The maximum atomic E-state index is 10.4. The maximum Gasteiger partial charge on any atom is 0.0661 e. The SMILES string of the molecule is C[C@@]12CCC[C@H]1[C@@H]1CCC3CC(S)C(O)C[C@]3(C)[C@@H]1CC2. The molecule has 0 aromatic carbocycles. The van der Waals surface area contributed by atoms with Crippen LogP contribution in [0.1, 0.15) is 71.6 Å². The summed E-state index contributed by atoms with van der Waals surface area (Å²) < 4.78 is 0. The van der Waals surface area contributed by atoms with Crippen LogP contribution in [-0.2, 0) is 0 Å². The molecule has 0 bridgehead atoms. The minimum atomic E-state index is -0.176. The van der Waals surface area contributed by atoms with Crippen LogP contribution in [0, 0.1) is 34.5 Å². The van der Waals surface area contributed by atoms with E-state index in [2.05, 4.69) is 26.5 Å². The van der Waals surface area contributed by atoms with Crippen molar-refractivity contribution in [3.8, 4) is 0 Å². The van der Waals surface area contributed by atoms with Crippen LogP contribution >= 0.6 is 12.6 Å². The Kier molecular flexibility index (Phi) is 3.47. The van der Waals surface area contributed by atoms with E-state index in [1.165, 1.54) is 44.9 Å². The van der Waals surface area contributed by atoms with Crippen molar-refractivity contribution in [1.29, 1.82) is 0 Å². The fraction of sp³-hybridized carbons (Fsp3) is 1.00. The van der Waals surface area contributed by atoms with Gasteiger partial charge in [-0.3, -0.25) is 0 Å². The van der Waals surface area contributed by atoms with Crippen LogP contribution in [0.4, 0.5) is 0 Å². The van der Waals surface area contributed by atoms with Crippen molar-refractivity contribution in [2.45, 2.75) is 83.0 Å². The predicted octanol–water partition coefficient (Wildman–Crippen LogP) is 4.69. The van der Waals surface area contributed by atoms with Gasteiger partial charge in [-0.05, 0) is 85.9 Å². The third-order valence-electron chi connectivity index (χ3n) is 8.47. The third kappa shape index (κ3) is 2.07. The molecule has 0 spiro atoms. The van der Waals surface area contributed by atoms with Crippen molar-refractivity contribution < 1.29 is 5.11 Å². The van der Waals surface area contributed by atoms with Crippen LogP contribution in [0.15, 0.2) is 0 Å². The van der Waals surface area contributed by atoms with Crippen LogP contribution in [0.2, 0.25) is 0 Å². The van der Waals surface area contributed by atoms with Gasteiger partial charge in [0, 0.05) is 5.25 Å². The average Bonchev–Trinajstić information content (AvgIpc) is 2.82. The van der Waals surface area contributed by atoms with Gasteiger partial charge in [-0.2, -0.15) is 12.6 Å². The molecule has 0 aromatic rings. The first-order chi connectivity index (χ1) is 9.94. The van der Waals surface area contributed by atoms with Crippen LogP contribution in [0.5, 0.6) is 0 Å². The topological polar surface area (TPSA) is 20.2 Å². The van der Waals surface area contributed by atoms with Crippen molar-refractivity contribution >= 4 is 12.6 Å². The fourth-order valence-corrected chi connectivity index (χ4v) is 7.63. The van der Waals surface area contributed by atoms with Crippen molar-refractivity contribution in [2.75, 3.05) is 0 Å². The Labute approximate surface area is 135 Å². The minimum absolute atomic E-state index is 0.176. The van der Waals surface area contributed by atoms with Gasteiger partial charge in [0.1, 0.15) is 0 Å². The molecule has 0 heterocycles. The number of hydrogen-bond acceptors (Lipinski definition) is 2. The Morgan fingerprint density at radius 2 is 1.81 bits per heavy atom. The Bertz CT molecular complexity index is 424. The van der Waals surface area contributed by atoms with E-state index in [1.54, 1.807) is 0 Å². The largest absolute Gasteiger partial charge is 0.392 e. The van der Waals surface area contributed by atoms with Crippen molar-refractivity contribution in [2.24, 2.45) is 34.5 Å². The molecule has 8 atom stereocenters. The molecule has 4 fully saturated rings. The summed E-state index contributed by atoms with van der Waals surface area (Å²) in [7, 11) is 0. The number of fused-ring (bicyclic) bond motifs is 5. The molecule has 4 rings (SSSR count). The summed E-state index contributed by atoms with van der Waals surface area (Å²) in [5.74, 6) is 3.63. The molecule has 2 heteroatoms. The third-order valence-corrected chi connectivity index (χ3v) is 9.02. The van der Waals surface area contributed by atoms with Gasteiger partial charge in [-0.25, -0.2) is 0 Å². The monoisotopic (exact) mass is 308 g/mol. The number of aliphatic hydroxyl groups excluding tert-OH is 1. The lowest BCUT2D eigenvalue weighted by molar-refractivity contribution is -0.122. The molecule has 0 radical (unpaired) electrons. The van der Waals surface area contributed by atoms with Gasteiger partial charge in [0.05, 0.1) is 6.10 Å². The van der Waals surface area contributed by atoms with E-state index < -0.39 is 0 Å². The Morgan fingerprint density at radius 1 is 1.00 bits per heavy atom. The van der Waals surface area contributed by atoms with Gasteiger partial charge in [0.25, 0.3) is 0 Å². The Morgan fingerprint density at radius 3 is 2.62 bits per heavy atom. The zero-order valence-corrected chi connectivity index (χ0v) is 14.6. The molecule has 21 heavy (non-hydrogen) atoms. The van der Waals surface area contributed by atoms with Crippen LogP contribution in [0.25, 0.3) is 0 Å². The molecule has 4 aliphatic carbocycles. The fourth-order valence-electron chi connectivity index (χ4n) is 7.27. The second kappa shape index (κ2) is 4.90. The first-order valence-electron chi connectivity index (χ1n) is 9.30.